The van der Waals surface area contributed by atoms with Crippen molar-refractivity contribution in [2.24, 2.45) is 5.41 Å². The van der Waals surface area contributed by atoms with Gasteiger partial charge in [-0.2, -0.15) is 0 Å². The van der Waals surface area contributed by atoms with Gasteiger partial charge in [-0.25, -0.2) is 4.79 Å². The van der Waals surface area contributed by atoms with Crippen LogP contribution in [-0.2, 0) is 19.1 Å². The number of benzene rings is 1. The molecule has 0 bridgehead atoms. The fourth-order valence-corrected chi connectivity index (χ4v) is 3.87. The van der Waals surface area contributed by atoms with E-state index in [1.165, 1.54) is 13.2 Å². The van der Waals surface area contributed by atoms with Gasteiger partial charge in [0, 0.05) is 17.1 Å². The van der Waals surface area contributed by atoms with Crippen molar-refractivity contribution in [1.82, 2.24) is 4.90 Å². The largest absolute Gasteiger partial charge is 0.497 e. The maximum atomic E-state index is 13.0. The fourth-order valence-electron chi connectivity index (χ4n) is 3.87. The SMILES string of the molecule is COC(=O)[C@@]12C(c3ccc(OC)cc3)=CC(=O)N1[C@@H](C(C)(C)C)O[C@@H]2C. The molecule has 1 saturated heterocycles. The average Bonchev–Trinajstić information content (AvgIpc) is 3.09. The van der Waals surface area contributed by atoms with Crippen molar-refractivity contribution >= 4 is 17.4 Å². The lowest BCUT2D eigenvalue weighted by Crippen LogP contribution is -2.58. The normalized spacial score (nSPS) is 28.0. The molecule has 0 unspecified atom stereocenters. The maximum Gasteiger partial charge on any atom is 0.339 e. The second-order valence-electron chi connectivity index (χ2n) is 7.75. The third kappa shape index (κ3) is 2.43. The lowest BCUT2D eigenvalue weighted by atomic mass is 9.81. The minimum absolute atomic E-state index is 0.245. The molecule has 2 heterocycles. The Morgan fingerprint density at radius 2 is 1.81 bits per heavy atom. The molecular formula is C20H25NO5. The molecule has 6 nitrogen and oxygen atoms in total. The van der Waals surface area contributed by atoms with Gasteiger partial charge in [-0.3, -0.25) is 9.69 Å². The molecule has 1 fully saturated rings. The van der Waals surface area contributed by atoms with Crippen molar-refractivity contribution in [3.05, 3.63) is 35.9 Å². The number of fused-ring (bicyclic) bond motifs is 1. The van der Waals surface area contributed by atoms with E-state index in [2.05, 4.69) is 0 Å². The van der Waals surface area contributed by atoms with Gasteiger partial charge in [0.15, 0.2) is 5.54 Å². The highest BCUT2D eigenvalue weighted by Gasteiger charge is 2.67. The van der Waals surface area contributed by atoms with Gasteiger partial charge in [-0.1, -0.05) is 32.9 Å². The van der Waals surface area contributed by atoms with Crippen LogP contribution in [0.2, 0.25) is 0 Å². The van der Waals surface area contributed by atoms with Crippen LogP contribution in [0.5, 0.6) is 5.75 Å². The summed E-state index contributed by atoms with van der Waals surface area (Å²) in [5.41, 5.74) is -0.297. The Kier molecular flexibility index (Phi) is 4.35. The summed E-state index contributed by atoms with van der Waals surface area (Å²) in [6.07, 6.45) is 0.450. The molecule has 0 aliphatic carbocycles. The van der Waals surface area contributed by atoms with Crippen molar-refractivity contribution in [3.63, 3.8) is 0 Å². The predicted octanol–water partition coefficient (Wildman–Crippen LogP) is 2.62. The summed E-state index contributed by atoms with van der Waals surface area (Å²) in [6.45, 7) is 7.76. The van der Waals surface area contributed by atoms with Crippen molar-refractivity contribution in [2.45, 2.75) is 45.6 Å². The first kappa shape index (κ1) is 18.5. The summed E-state index contributed by atoms with van der Waals surface area (Å²) in [5.74, 6) is -0.0407. The molecule has 3 atom stereocenters. The van der Waals surface area contributed by atoms with E-state index in [9.17, 15) is 9.59 Å². The molecule has 2 aliphatic rings. The predicted molar refractivity (Wildman–Crippen MR) is 96.4 cm³/mol. The minimum Gasteiger partial charge on any atom is -0.497 e. The number of amides is 1. The molecule has 0 saturated carbocycles. The van der Waals surface area contributed by atoms with Crippen molar-refractivity contribution in [1.29, 1.82) is 0 Å². The molecule has 2 aliphatic heterocycles. The summed E-state index contributed by atoms with van der Waals surface area (Å²) >= 11 is 0. The van der Waals surface area contributed by atoms with Crippen LogP contribution in [0, 0.1) is 5.41 Å². The number of rotatable bonds is 3. The van der Waals surface area contributed by atoms with Crippen molar-refractivity contribution in [2.75, 3.05) is 14.2 Å². The molecule has 3 rings (SSSR count). The molecule has 1 aromatic carbocycles. The van der Waals surface area contributed by atoms with Crippen LogP contribution in [0.15, 0.2) is 30.3 Å². The number of nitrogens with zero attached hydrogens (tertiary/aromatic N) is 1. The number of ether oxygens (including phenoxy) is 3. The molecule has 0 radical (unpaired) electrons. The number of carbonyl (C=O) groups excluding carboxylic acids is 2. The Morgan fingerprint density at radius 3 is 2.31 bits per heavy atom. The molecular weight excluding hydrogens is 334 g/mol. The molecule has 26 heavy (non-hydrogen) atoms. The topological polar surface area (TPSA) is 65.1 Å². The van der Waals surface area contributed by atoms with E-state index in [4.69, 9.17) is 14.2 Å². The van der Waals surface area contributed by atoms with Gasteiger partial charge in [-0.05, 0) is 24.6 Å². The lowest BCUT2D eigenvalue weighted by Gasteiger charge is -2.38. The van der Waals surface area contributed by atoms with Crippen LogP contribution in [-0.4, -0.2) is 48.9 Å². The first-order valence-electron chi connectivity index (χ1n) is 8.61. The van der Waals surface area contributed by atoms with Gasteiger partial charge in [0.1, 0.15) is 12.0 Å². The minimum atomic E-state index is -1.29. The van der Waals surface area contributed by atoms with E-state index in [1.54, 1.807) is 24.1 Å². The second kappa shape index (κ2) is 6.13. The highest BCUT2D eigenvalue weighted by atomic mass is 16.6. The summed E-state index contributed by atoms with van der Waals surface area (Å²) in [4.78, 5) is 27.5. The molecule has 0 N–H and O–H groups in total. The monoisotopic (exact) mass is 359 g/mol. The smallest absolute Gasteiger partial charge is 0.339 e. The van der Waals surface area contributed by atoms with E-state index < -0.39 is 23.8 Å². The van der Waals surface area contributed by atoms with Crippen LogP contribution in [0.1, 0.15) is 33.3 Å². The van der Waals surface area contributed by atoms with Crippen LogP contribution < -0.4 is 4.74 Å². The summed E-state index contributed by atoms with van der Waals surface area (Å²) in [7, 11) is 2.92. The van der Waals surface area contributed by atoms with E-state index in [0.29, 0.717) is 11.3 Å². The van der Waals surface area contributed by atoms with Crippen molar-refractivity contribution in [3.8, 4) is 5.75 Å². The third-order valence-corrected chi connectivity index (χ3v) is 5.09. The zero-order valence-electron chi connectivity index (χ0n) is 16.0. The fraction of sp³-hybridized carbons (Fsp3) is 0.500. The number of hydrogen-bond donors (Lipinski definition) is 0. The Hall–Kier alpha value is -2.34. The van der Waals surface area contributed by atoms with E-state index in [0.717, 1.165) is 5.56 Å². The van der Waals surface area contributed by atoms with Gasteiger partial charge < -0.3 is 14.2 Å². The molecule has 140 valence electrons. The lowest BCUT2D eigenvalue weighted by molar-refractivity contribution is -0.156. The summed E-state index contributed by atoms with van der Waals surface area (Å²) in [5, 5.41) is 0. The van der Waals surface area contributed by atoms with Crippen LogP contribution in [0.3, 0.4) is 0 Å². The quantitative estimate of drug-likeness (QED) is 0.776. The van der Waals surface area contributed by atoms with Gasteiger partial charge >= 0.3 is 5.97 Å². The maximum absolute atomic E-state index is 13.0. The van der Waals surface area contributed by atoms with Gasteiger partial charge in [-0.15, -0.1) is 0 Å². The number of carbonyl (C=O) groups is 2. The first-order valence-corrected chi connectivity index (χ1v) is 8.61. The van der Waals surface area contributed by atoms with Crippen LogP contribution >= 0.6 is 0 Å². The van der Waals surface area contributed by atoms with E-state index >= 15 is 0 Å². The van der Waals surface area contributed by atoms with Crippen LogP contribution in [0.25, 0.3) is 5.57 Å². The Bertz CT molecular complexity index is 761. The zero-order valence-corrected chi connectivity index (χ0v) is 16.0. The Morgan fingerprint density at radius 1 is 1.19 bits per heavy atom. The molecule has 1 amide bonds. The first-order chi connectivity index (χ1) is 12.2. The Balaban J connectivity index is 2.17. The molecule has 6 heteroatoms. The average molecular weight is 359 g/mol. The highest BCUT2D eigenvalue weighted by Crippen LogP contribution is 2.51. The molecule has 0 spiro atoms. The van der Waals surface area contributed by atoms with Gasteiger partial charge in [0.05, 0.1) is 20.3 Å². The number of methoxy groups -OCH3 is 2. The summed E-state index contributed by atoms with van der Waals surface area (Å²) in [6, 6.07) is 7.28. The van der Waals surface area contributed by atoms with Gasteiger partial charge in [0.2, 0.25) is 5.91 Å². The van der Waals surface area contributed by atoms with E-state index in [-0.39, 0.29) is 11.3 Å². The number of hydrogen-bond acceptors (Lipinski definition) is 5. The standard InChI is InChI=1S/C20H25NO5/c1-12-20(18(23)25-6)15(13-7-9-14(24-5)10-8-13)11-16(22)21(20)17(26-12)19(2,3)4/h7-12,17H,1-6H3/t12-,17-,20-/m1/s1. The zero-order chi connectivity index (χ0) is 19.3. The van der Waals surface area contributed by atoms with E-state index in [1.807, 2.05) is 39.8 Å². The van der Waals surface area contributed by atoms with Crippen molar-refractivity contribution < 1.29 is 23.8 Å². The summed E-state index contributed by atoms with van der Waals surface area (Å²) < 4.78 is 16.5. The van der Waals surface area contributed by atoms with Gasteiger partial charge in [0.25, 0.3) is 0 Å². The number of esters is 1. The van der Waals surface area contributed by atoms with Crippen LogP contribution in [0.4, 0.5) is 0 Å². The molecule has 0 aromatic heterocycles. The Labute approximate surface area is 153 Å². The highest BCUT2D eigenvalue weighted by molar-refractivity contribution is 6.14. The molecule has 1 aromatic rings. The second-order valence-corrected chi connectivity index (χ2v) is 7.75. The third-order valence-electron chi connectivity index (χ3n) is 5.09.